The van der Waals surface area contributed by atoms with E-state index < -0.39 is 21.6 Å². The molecule has 0 radical (unpaired) electrons. The number of halogens is 1. The molecule has 1 heterocycles. The lowest BCUT2D eigenvalue weighted by molar-refractivity contribution is -0.131. The summed E-state index contributed by atoms with van der Waals surface area (Å²) in [5.74, 6) is -1.69. The van der Waals surface area contributed by atoms with Gasteiger partial charge >= 0.3 is 0 Å². The van der Waals surface area contributed by atoms with Gasteiger partial charge in [0.1, 0.15) is 5.82 Å². The third kappa shape index (κ3) is 4.28. The van der Waals surface area contributed by atoms with Gasteiger partial charge in [-0.2, -0.15) is 0 Å². The van der Waals surface area contributed by atoms with E-state index in [0.29, 0.717) is 13.0 Å². The molecule has 0 aromatic heterocycles. The van der Waals surface area contributed by atoms with E-state index in [0.717, 1.165) is 0 Å². The van der Waals surface area contributed by atoms with E-state index in [1.54, 1.807) is 6.92 Å². The van der Waals surface area contributed by atoms with E-state index >= 15 is 0 Å². The topological polar surface area (TPSA) is 83.6 Å². The molecular weight excluding hydrogens is 323 g/mol. The van der Waals surface area contributed by atoms with Crippen molar-refractivity contribution in [2.75, 3.05) is 24.6 Å². The highest BCUT2D eigenvalue weighted by Crippen LogP contribution is 2.17. The maximum Gasteiger partial charge on any atom is 0.254 e. The zero-order valence-corrected chi connectivity index (χ0v) is 13.6. The summed E-state index contributed by atoms with van der Waals surface area (Å²) in [4.78, 5) is 25.6. The maximum atomic E-state index is 13.5. The van der Waals surface area contributed by atoms with Gasteiger partial charge in [0.25, 0.3) is 5.91 Å². The maximum absolute atomic E-state index is 13.5. The molecule has 126 valence electrons. The van der Waals surface area contributed by atoms with Crippen molar-refractivity contribution in [3.63, 3.8) is 0 Å². The molecule has 1 aromatic carbocycles. The van der Waals surface area contributed by atoms with E-state index in [-0.39, 0.29) is 35.6 Å². The van der Waals surface area contributed by atoms with Crippen LogP contribution in [0.2, 0.25) is 0 Å². The quantitative estimate of drug-likeness (QED) is 0.849. The first-order chi connectivity index (χ1) is 10.8. The van der Waals surface area contributed by atoms with Crippen molar-refractivity contribution in [3.05, 3.63) is 35.6 Å². The lowest BCUT2D eigenvalue weighted by Gasteiger charge is -2.27. The van der Waals surface area contributed by atoms with Gasteiger partial charge in [-0.3, -0.25) is 9.59 Å². The van der Waals surface area contributed by atoms with Crippen LogP contribution in [0.15, 0.2) is 24.3 Å². The van der Waals surface area contributed by atoms with E-state index in [1.807, 2.05) is 0 Å². The first-order valence-electron chi connectivity index (χ1n) is 7.36. The largest absolute Gasteiger partial charge is 0.343 e. The molecule has 8 heteroatoms. The van der Waals surface area contributed by atoms with Crippen LogP contribution in [0.25, 0.3) is 0 Å². The number of carbonyl (C=O) groups is 2. The fraction of sp³-hybridized carbons (Fsp3) is 0.467. The Hall–Kier alpha value is -1.96. The van der Waals surface area contributed by atoms with Crippen LogP contribution in [0, 0.1) is 5.82 Å². The summed E-state index contributed by atoms with van der Waals surface area (Å²) < 4.78 is 36.5. The Morgan fingerprint density at radius 3 is 2.61 bits per heavy atom. The van der Waals surface area contributed by atoms with E-state index in [1.165, 1.54) is 29.2 Å². The van der Waals surface area contributed by atoms with Gasteiger partial charge in [0, 0.05) is 12.6 Å². The smallest absolute Gasteiger partial charge is 0.254 e. The van der Waals surface area contributed by atoms with Crippen molar-refractivity contribution >= 4 is 21.7 Å². The van der Waals surface area contributed by atoms with Crippen LogP contribution in [0.4, 0.5) is 4.39 Å². The Morgan fingerprint density at radius 2 is 2.04 bits per heavy atom. The van der Waals surface area contributed by atoms with Gasteiger partial charge in [-0.1, -0.05) is 12.1 Å². The molecule has 1 atom stereocenters. The molecule has 2 rings (SSSR count). The Bertz CT molecular complexity index is 705. The second-order valence-corrected chi connectivity index (χ2v) is 7.63. The van der Waals surface area contributed by atoms with Crippen molar-refractivity contribution in [2.45, 2.75) is 19.4 Å². The molecule has 1 fully saturated rings. The van der Waals surface area contributed by atoms with Gasteiger partial charge in [0.05, 0.1) is 23.6 Å². The summed E-state index contributed by atoms with van der Waals surface area (Å²) in [5, 5.41) is 2.38. The van der Waals surface area contributed by atoms with Gasteiger partial charge in [0.2, 0.25) is 5.91 Å². The van der Waals surface area contributed by atoms with Crippen molar-refractivity contribution in [1.29, 1.82) is 0 Å². The highest BCUT2D eigenvalue weighted by molar-refractivity contribution is 7.91. The lowest BCUT2D eigenvalue weighted by Crippen LogP contribution is -2.46. The molecule has 1 aliphatic rings. The summed E-state index contributed by atoms with van der Waals surface area (Å²) in [6, 6.07) is 5.13. The van der Waals surface area contributed by atoms with Crippen molar-refractivity contribution in [2.24, 2.45) is 0 Å². The molecule has 0 aliphatic carbocycles. The molecule has 0 saturated carbocycles. The van der Waals surface area contributed by atoms with Gasteiger partial charge in [0.15, 0.2) is 9.84 Å². The normalized spacial score (nSPS) is 19.3. The van der Waals surface area contributed by atoms with Crippen molar-refractivity contribution in [1.82, 2.24) is 10.2 Å². The Balaban J connectivity index is 1.95. The summed E-state index contributed by atoms with van der Waals surface area (Å²) in [7, 11) is -3.09. The Kier molecular flexibility index (Phi) is 5.35. The molecule has 0 bridgehead atoms. The van der Waals surface area contributed by atoms with Crippen LogP contribution in [-0.2, 0) is 14.6 Å². The number of nitrogens with zero attached hydrogens (tertiary/aromatic N) is 1. The van der Waals surface area contributed by atoms with E-state index in [2.05, 4.69) is 5.32 Å². The van der Waals surface area contributed by atoms with Crippen LogP contribution in [0.1, 0.15) is 23.7 Å². The van der Waals surface area contributed by atoms with Gasteiger partial charge in [-0.05, 0) is 25.5 Å². The first kappa shape index (κ1) is 17.4. The monoisotopic (exact) mass is 342 g/mol. The fourth-order valence-electron chi connectivity index (χ4n) is 2.66. The zero-order chi connectivity index (χ0) is 17.0. The van der Waals surface area contributed by atoms with Crippen molar-refractivity contribution < 1.29 is 22.4 Å². The zero-order valence-electron chi connectivity index (χ0n) is 12.8. The standard InChI is InChI=1S/C15H19FN2O4S/c1-2-18(11-7-8-23(21,22)10-11)14(19)9-17-15(20)12-5-3-4-6-13(12)16/h3-6,11H,2,7-10H2,1H3,(H,17,20). The summed E-state index contributed by atoms with van der Waals surface area (Å²) in [6.45, 7) is 1.81. The number of rotatable bonds is 5. The molecule has 0 spiro atoms. The molecule has 1 aromatic rings. The molecule has 1 N–H and O–H groups in total. The van der Waals surface area contributed by atoms with Crippen LogP contribution in [0.5, 0.6) is 0 Å². The minimum absolute atomic E-state index is 0.0478. The molecule has 1 saturated heterocycles. The van der Waals surface area contributed by atoms with E-state index in [9.17, 15) is 22.4 Å². The Labute approximate surface area is 134 Å². The number of nitrogens with one attached hydrogen (secondary N) is 1. The number of amides is 2. The summed E-state index contributed by atoms with van der Waals surface area (Å²) >= 11 is 0. The number of carbonyl (C=O) groups excluding carboxylic acids is 2. The summed E-state index contributed by atoms with van der Waals surface area (Å²) in [5.41, 5.74) is -0.133. The average Bonchev–Trinajstić information content (AvgIpc) is 2.86. The summed E-state index contributed by atoms with van der Waals surface area (Å²) in [6.07, 6.45) is 0.406. The van der Waals surface area contributed by atoms with Gasteiger partial charge in [-0.25, -0.2) is 12.8 Å². The predicted octanol–water partition coefficient (Wildman–Crippen LogP) is 0.591. The average molecular weight is 342 g/mol. The Morgan fingerprint density at radius 1 is 1.35 bits per heavy atom. The lowest BCUT2D eigenvalue weighted by atomic mass is 10.2. The van der Waals surface area contributed by atoms with E-state index in [4.69, 9.17) is 0 Å². The van der Waals surface area contributed by atoms with Crippen LogP contribution in [-0.4, -0.2) is 55.8 Å². The minimum atomic E-state index is -3.09. The number of likely N-dealkylation sites (N-methyl/N-ethyl adjacent to an activating group) is 1. The third-order valence-electron chi connectivity index (χ3n) is 3.83. The van der Waals surface area contributed by atoms with Crippen molar-refractivity contribution in [3.8, 4) is 0 Å². The molecule has 6 nitrogen and oxygen atoms in total. The number of hydrogen-bond acceptors (Lipinski definition) is 4. The van der Waals surface area contributed by atoms with Gasteiger partial charge < -0.3 is 10.2 Å². The fourth-order valence-corrected chi connectivity index (χ4v) is 4.39. The second kappa shape index (κ2) is 7.08. The first-order valence-corrected chi connectivity index (χ1v) is 9.19. The molecule has 1 aliphatic heterocycles. The number of hydrogen-bond donors (Lipinski definition) is 1. The number of benzene rings is 1. The predicted molar refractivity (Wildman–Crippen MR) is 83.2 cm³/mol. The molecular formula is C15H19FN2O4S. The van der Waals surface area contributed by atoms with Crippen LogP contribution in [0.3, 0.4) is 0 Å². The molecule has 1 unspecified atom stereocenters. The number of sulfone groups is 1. The highest BCUT2D eigenvalue weighted by atomic mass is 32.2. The third-order valence-corrected chi connectivity index (χ3v) is 5.58. The second-order valence-electron chi connectivity index (χ2n) is 5.40. The van der Waals surface area contributed by atoms with Crippen LogP contribution < -0.4 is 5.32 Å². The highest BCUT2D eigenvalue weighted by Gasteiger charge is 2.33. The van der Waals surface area contributed by atoms with Gasteiger partial charge in [-0.15, -0.1) is 0 Å². The SMILES string of the molecule is CCN(C(=O)CNC(=O)c1ccccc1F)C1CCS(=O)(=O)C1. The minimum Gasteiger partial charge on any atom is -0.343 e. The van der Waals surface area contributed by atoms with Crippen LogP contribution >= 0.6 is 0 Å². The molecule has 2 amide bonds. The molecule has 23 heavy (non-hydrogen) atoms.